The average molecular weight is 357 g/mol. The second kappa shape index (κ2) is 7.35. The standard InChI is InChI=1S/C14H19N3O4S2/c1-3-4-13(18)16-14-17(7-8-21-2)11-6-5-10(23(15,19)20)9-12(11)22-14/h5-6,9H,3-4,7-8H2,1-2H3,(H2,15,19,20). The summed E-state index contributed by atoms with van der Waals surface area (Å²) in [6.07, 6.45) is 1.10. The number of carbonyl (C=O) groups is 1. The summed E-state index contributed by atoms with van der Waals surface area (Å²) >= 11 is 1.26. The van der Waals surface area contributed by atoms with Gasteiger partial charge in [-0.15, -0.1) is 0 Å². The van der Waals surface area contributed by atoms with Gasteiger partial charge in [0.05, 0.1) is 21.7 Å². The van der Waals surface area contributed by atoms with Crippen molar-refractivity contribution in [3.05, 3.63) is 23.0 Å². The topological polar surface area (TPSA) is 104 Å². The fourth-order valence-electron chi connectivity index (χ4n) is 2.09. The first-order chi connectivity index (χ1) is 10.9. The number of aromatic nitrogens is 1. The van der Waals surface area contributed by atoms with Crippen molar-refractivity contribution in [1.29, 1.82) is 0 Å². The van der Waals surface area contributed by atoms with Crippen LogP contribution < -0.4 is 9.94 Å². The number of sulfonamides is 1. The summed E-state index contributed by atoms with van der Waals surface area (Å²) < 4.78 is 30.6. The molecule has 0 atom stereocenters. The van der Waals surface area contributed by atoms with E-state index in [1.165, 1.54) is 23.5 Å². The van der Waals surface area contributed by atoms with Gasteiger partial charge in [-0.05, 0) is 24.6 Å². The number of hydrogen-bond acceptors (Lipinski definition) is 5. The normalized spacial score (nSPS) is 12.9. The molecule has 0 aliphatic rings. The quantitative estimate of drug-likeness (QED) is 0.839. The first-order valence-corrected chi connectivity index (χ1v) is 9.45. The second-order valence-corrected chi connectivity index (χ2v) is 7.53. The highest BCUT2D eigenvalue weighted by molar-refractivity contribution is 7.89. The fourth-order valence-corrected chi connectivity index (χ4v) is 3.82. The fraction of sp³-hybridized carbons (Fsp3) is 0.429. The minimum Gasteiger partial charge on any atom is -0.383 e. The van der Waals surface area contributed by atoms with Gasteiger partial charge in [0.1, 0.15) is 0 Å². The van der Waals surface area contributed by atoms with E-state index in [0.717, 1.165) is 11.9 Å². The molecule has 1 aromatic heterocycles. The number of hydrogen-bond donors (Lipinski definition) is 1. The Bertz CT molecular complexity index is 881. The molecule has 0 saturated heterocycles. The molecule has 2 aromatic rings. The Labute approximate surface area is 138 Å². The van der Waals surface area contributed by atoms with E-state index in [4.69, 9.17) is 9.88 Å². The van der Waals surface area contributed by atoms with Crippen LogP contribution in [0.5, 0.6) is 0 Å². The maximum atomic E-state index is 11.8. The number of primary sulfonamides is 1. The van der Waals surface area contributed by atoms with E-state index in [1.54, 1.807) is 13.2 Å². The van der Waals surface area contributed by atoms with E-state index in [1.807, 2.05) is 11.5 Å². The highest BCUT2D eigenvalue weighted by Crippen LogP contribution is 2.21. The summed E-state index contributed by atoms with van der Waals surface area (Å²) in [5.74, 6) is -0.197. The minimum atomic E-state index is -3.77. The Balaban J connectivity index is 2.62. The molecule has 1 aromatic carbocycles. The highest BCUT2D eigenvalue weighted by Gasteiger charge is 2.13. The maximum Gasteiger partial charge on any atom is 0.248 e. The summed E-state index contributed by atoms with van der Waals surface area (Å²) in [7, 11) is -2.18. The zero-order valence-electron chi connectivity index (χ0n) is 13.0. The van der Waals surface area contributed by atoms with Crippen molar-refractivity contribution in [3.8, 4) is 0 Å². The summed E-state index contributed by atoms with van der Waals surface area (Å²) in [5, 5.41) is 5.17. The SMILES string of the molecule is CCCC(=O)N=c1sc2cc(S(N)(=O)=O)ccc2n1CCOC. The minimum absolute atomic E-state index is 0.0385. The van der Waals surface area contributed by atoms with Gasteiger partial charge in [-0.3, -0.25) is 4.79 Å². The van der Waals surface area contributed by atoms with Crippen LogP contribution in [0, 0.1) is 0 Å². The number of rotatable bonds is 6. The molecule has 0 bridgehead atoms. The first-order valence-electron chi connectivity index (χ1n) is 7.09. The van der Waals surface area contributed by atoms with Crippen LogP contribution in [0.1, 0.15) is 19.8 Å². The molecule has 0 aliphatic heterocycles. The van der Waals surface area contributed by atoms with Crippen LogP contribution in [0.3, 0.4) is 0 Å². The van der Waals surface area contributed by atoms with Crippen LogP contribution in [0.4, 0.5) is 0 Å². The van der Waals surface area contributed by atoms with Gasteiger partial charge >= 0.3 is 0 Å². The third kappa shape index (κ3) is 4.25. The summed E-state index contributed by atoms with van der Waals surface area (Å²) in [6.45, 7) is 2.89. The molecular weight excluding hydrogens is 338 g/mol. The first kappa shape index (κ1) is 17.8. The molecule has 126 valence electrons. The summed E-state index contributed by atoms with van der Waals surface area (Å²) in [6, 6.07) is 4.62. The molecule has 9 heteroatoms. The van der Waals surface area contributed by atoms with E-state index < -0.39 is 10.0 Å². The number of thiazole rings is 1. The van der Waals surface area contributed by atoms with Gasteiger partial charge in [0.25, 0.3) is 0 Å². The van der Waals surface area contributed by atoms with Gasteiger partial charge in [-0.25, -0.2) is 13.6 Å². The number of methoxy groups -OCH3 is 1. The molecule has 2 N–H and O–H groups in total. The second-order valence-electron chi connectivity index (χ2n) is 4.96. The van der Waals surface area contributed by atoms with Crippen LogP contribution in [-0.2, 0) is 26.1 Å². The zero-order chi connectivity index (χ0) is 17.0. The molecule has 23 heavy (non-hydrogen) atoms. The Morgan fingerprint density at radius 2 is 2.17 bits per heavy atom. The summed E-state index contributed by atoms with van der Waals surface area (Å²) in [4.78, 5) is 16.5. The number of carbonyl (C=O) groups excluding carboxylic acids is 1. The molecule has 0 saturated carbocycles. The number of benzene rings is 1. The van der Waals surface area contributed by atoms with Crippen molar-refractivity contribution >= 4 is 37.5 Å². The van der Waals surface area contributed by atoms with Crippen molar-refractivity contribution in [3.63, 3.8) is 0 Å². The number of amides is 1. The number of nitrogens with two attached hydrogens (primary N) is 1. The van der Waals surface area contributed by atoms with Crippen LogP contribution >= 0.6 is 11.3 Å². The molecule has 1 amide bonds. The van der Waals surface area contributed by atoms with Crippen LogP contribution in [0.25, 0.3) is 10.2 Å². The lowest BCUT2D eigenvalue weighted by atomic mass is 10.3. The van der Waals surface area contributed by atoms with Crippen molar-refractivity contribution in [2.24, 2.45) is 10.1 Å². The van der Waals surface area contributed by atoms with Gasteiger partial charge in [0.15, 0.2) is 4.80 Å². The third-order valence-corrected chi connectivity index (χ3v) is 5.14. The predicted molar refractivity (Wildman–Crippen MR) is 88.5 cm³/mol. The van der Waals surface area contributed by atoms with Crippen LogP contribution in [0.2, 0.25) is 0 Å². The van der Waals surface area contributed by atoms with E-state index in [-0.39, 0.29) is 10.8 Å². The number of nitrogens with zero attached hydrogens (tertiary/aromatic N) is 2. The van der Waals surface area contributed by atoms with Gasteiger partial charge in [0.2, 0.25) is 15.9 Å². The van der Waals surface area contributed by atoms with Crippen molar-refractivity contribution in [2.75, 3.05) is 13.7 Å². The summed E-state index contributed by atoms with van der Waals surface area (Å²) in [5.41, 5.74) is 0.794. The Morgan fingerprint density at radius 3 is 2.78 bits per heavy atom. The highest BCUT2D eigenvalue weighted by atomic mass is 32.2. The van der Waals surface area contributed by atoms with Gasteiger partial charge in [0, 0.05) is 20.1 Å². The largest absolute Gasteiger partial charge is 0.383 e. The van der Waals surface area contributed by atoms with Crippen LogP contribution in [-0.4, -0.2) is 32.6 Å². The Kier molecular flexibility index (Phi) is 5.69. The lowest BCUT2D eigenvalue weighted by molar-refractivity contribution is -0.118. The third-order valence-electron chi connectivity index (χ3n) is 3.19. The van der Waals surface area contributed by atoms with Gasteiger partial charge in [-0.2, -0.15) is 4.99 Å². The smallest absolute Gasteiger partial charge is 0.248 e. The lowest BCUT2D eigenvalue weighted by Gasteiger charge is -2.04. The van der Waals surface area contributed by atoms with Crippen molar-refractivity contribution < 1.29 is 17.9 Å². The molecule has 1 heterocycles. The molecule has 0 fully saturated rings. The van der Waals surface area contributed by atoms with Crippen molar-refractivity contribution in [2.45, 2.75) is 31.2 Å². The van der Waals surface area contributed by atoms with Crippen molar-refractivity contribution in [1.82, 2.24) is 4.57 Å². The lowest BCUT2D eigenvalue weighted by Crippen LogP contribution is -2.19. The van der Waals surface area contributed by atoms with Gasteiger partial charge in [-0.1, -0.05) is 18.3 Å². The van der Waals surface area contributed by atoms with E-state index in [9.17, 15) is 13.2 Å². The molecule has 0 aliphatic carbocycles. The zero-order valence-corrected chi connectivity index (χ0v) is 14.6. The predicted octanol–water partition coefficient (Wildman–Crippen LogP) is 1.22. The Morgan fingerprint density at radius 1 is 1.43 bits per heavy atom. The monoisotopic (exact) mass is 357 g/mol. The molecule has 0 unspecified atom stereocenters. The number of ether oxygens (including phenoxy) is 1. The Hall–Kier alpha value is -1.55. The maximum absolute atomic E-state index is 11.8. The van der Waals surface area contributed by atoms with E-state index >= 15 is 0 Å². The molecule has 7 nitrogen and oxygen atoms in total. The molecule has 0 spiro atoms. The molecular formula is C14H19N3O4S2. The average Bonchev–Trinajstić information content (AvgIpc) is 2.80. The van der Waals surface area contributed by atoms with E-state index in [2.05, 4.69) is 4.99 Å². The molecule has 2 rings (SSSR count). The number of fused-ring (bicyclic) bond motifs is 1. The van der Waals surface area contributed by atoms with Crippen LogP contribution in [0.15, 0.2) is 28.1 Å². The molecule has 0 radical (unpaired) electrons. The van der Waals surface area contributed by atoms with E-state index in [0.29, 0.717) is 29.1 Å². The van der Waals surface area contributed by atoms with Gasteiger partial charge < -0.3 is 9.30 Å².